The molecular formula is C14H18N4O2. The number of nitro benzene ring substituents is 1. The number of rotatable bonds is 7. The molecule has 2 aromatic rings. The fourth-order valence-electron chi connectivity index (χ4n) is 2.08. The summed E-state index contributed by atoms with van der Waals surface area (Å²) in [6.45, 7) is 1.57. The molecule has 1 aromatic carbocycles. The highest BCUT2D eigenvalue weighted by Crippen LogP contribution is 2.17. The van der Waals surface area contributed by atoms with Gasteiger partial charge in [-0.3, -0.25) is 14.8 Å². The summed E-state index contributed by atoms with van der Waals surface area (Å²) < 4.78 is 1.78. The fraction of sp³-hybridized carbons (Fsp3) is 0.357. The molecule has 0 saturated heterocycles. The fourth-order valence-corrected chi connectivity index (χ4v) is 2.08. The van der Waals surface area contributed by atoms with E-state index < -0.39 is 0 Å². The SMILES string of the molecule is Cn1cc(CCNCCc2ccccc2[N+](=O)[O-])cn1. The molecule has 0 aliphatic rings. The average molecular weight is 274 g/mol. The lowest BCUT2D eigenvalue weighted by atomic mass is 10.1. The molecule has 6 nitrogen and oxygen atoms in total. The number of aromatic nitrogens is 2. The van der Waals surface area contributed by atoms with Crippen LogP contribution in [0.15, 0.2) is 36.7 Å². The van der Waals surface area contributed by atoms with Gasteiger partial charge in [0, 0.05) is 24.9 Å². The maximum Gasteiger partial charge on any atom is 0.272 e. The Kier molecular flexibility index (Phi) is 4.84. The van der Waals surface area contributed by atoms with E-state index in [1.165, 1.54) is 5.56 Å². The monoisotopic (exact) mass is 274 g/mol. The van der Waals surface area contributed by atoms with Gasteiger partial charge in [-0.25, -0.2) is 0 Å². The van der Waals surface area contributed by atoms with Crippen LogP contribution in [-0.4, -0.2) is 27.8 Å². The highest BCUT2D eigenvalue weighted by atomic mass is 16.6. The zero-order valence-corrected chi connectivity index (χ0v) is 11.5. The highest BCUT2D eigenvalue weighted by molar-refractivity contribution is 5.39. The molecule has 0 spiro atoms. The van der Waals surface area contributed by atoms with Gasteiger partial charge in [-0.2, -0.15) is 5.10 Å². The van der Waals surface area contributed by atoms with Crippen molar-refractivity contribution < 1.29 is 4.92 Å². The van der Waals surface area contributed by atoms with Crippen molar-refractivity contribution >= 4 is 5.69 Å². The van der Waals surface area contributed by atoms with Gasteiger partial charge in [0.15, 0.2) is 0 Å². The van der Waals surface area contributed by atoms with Gasteiger partial charge in [0.2, 0.25) is 0 Å². The van der Waals surface area contributed by atoms with Gasteiger partial charge in [-0.1, -0.05) is 18.2 Å². The van der Waals surface area contributed by atoms with Gasteiger partial charge < -0.3 is 5.32 Å². The number of nitrogens with one attached hydrogen (secondary N) is 1. The van der Waals surface area contributed by atoms with E-state index in [4.69, 9.17) is 0 Å². The number of nitrogens with zero attached hydrogens (tertiary/aromatic N) is 3. The second-order valence-electron chi connectivity index (χ2n) is 4.66. The minimum Gasteiger partial charge on any atom is -0.316 e. The first-order valence-corrected chi connectivity index (χ1v) is 6.57. The zero-order chi connectivity index (χ0) is 14.4. The summed E-state index contributed by atoms with van der Waals surface area (Å²) in [5, 5.41) is 18.3. The van der Waals surface area contributed by atoms with E-state index in [9.17, 15) is 10.1 Å². The van der Waals surface area contributed by atoms with E-state index in [1.807, 2.05) is 25.5 Å². The Morgan fingerprint density at radius 2 is 2.05 bits per heavy atom. The topological polar surface area (TPSA) is 73.0 Å². The Bertz CT molecular complexity index is 580. The van der Waals surface area contributed by atoms with Gasteiger partial charge in [0.05, 0.1) is 11.1 Å². The molecular weight excluding hydrogens is 256 g/mol. The maximum atomic E-state index is 10.9. The summed E-state index contributed by atoms with van der Waals surface area (Å²) in [4.78, 5) is 10.5. The van der Waals surface area contributed by atoms with Crippen LogP contribution < -0.4 is 5.32 Å². The molecule has 0 bridgehead atoms. The van der Waals surface area contributed by atoms with Crippen LogP contribution in [0, 0.1) is 10.1 Å². The van der Waals surface area contributed by atoms with Gasteiger partial charge in [-0.05, 0) is 31.5 Å². The quantitative estimate of drug-likeness (QED) is 0.474. The number of hydrogen-bond acceptors (Lipinski definition) is 4. The van der Waals surface area contributed by atoms with Gasteiger partial charge >= 0.3 is 0 Å². The minimum absolute atomic E-state index is 0.196. The smallest absolute Gasteiger partial charge is 0.272 e. The van der Waals surface area contributed by atoms with Crippen molar-refractivity contribution in [2.45, 2.75) is 12.8 Å². The van der Waals surface area contributed by atoms with Crippen LogP contribution >= 0.6 is 0 Å². The van der Waals surface area contributed by atoms with E-state index in [0.717, 1.165) is 25.1 Å². The Labute approximate surface area is 117 Å². The first-order valence-electron chi connectivity index (χ1n) is 6.57. The van der Waals surface area contributed by atoms with Crippen molar-refractivity contribution in [3.05, 3.63) is 57.9 Å². The Hall–Kier alpha value is -2.21. The summed E-state index contributed by atoms with van der Waals surface area (Å²) in [5.74, 6) is 0. The molecule has 1 heterocycles. The first-order chi connectivity index (χ1) is 9.66. The van der Waals surface area contributed by atoms with Crippen LogP contribution in [0.5, 0.6) is 0 Å². The van der Waals surface area contributed by atoms with Crippen LogP contribution in [0.2, 0.25) is 0 Å². The third kappa shape index (κ3) is 3.89. The van der Waals surface area contributed by atoms with Gasteiger partial charge in [0.1, 0.15) is 0 Å². The van der Waals surface area contributed by atoms with Gasteiger partial charge in [0.25, 0.3) is 5.69 Å². The molecule has 1 aromatic heterocycles. The van der Waals surface area contributed by atoms with Crippen LogP contribution in [0.1, 0.15) is 11.1 Å². The predicted octanol–water partition coefficient (Wildman–Crippen LogP) is 1.70. The van der Waals surface area contributed by atoms with E-state index in [1.54, 1.807) is 22.9 Å². The number of para-hydroxylation sites is 1. The van der Waals surface area contributed by atoms with E-state index >= 15 is 0 Å². The van der Waals surface area contributed by atoms with Crippen molar-refractivity contribution in [1.29, 1.82) is 0 Å². The lowest BCUT2D eigenvalue weighted by Gasteiger charge is -2.04. The van der Waals surface area contributed by atoms with Crippen LogP contribution in [0.3, 0.4) is 0 Å². The Balaban J connectivity index is 1.75. The summed E-state index contributed by atoms with van der Waals surface area (Å²) in [7, 11) is 1.89. The maximum absolute atomic E-state index is 10.9. The molecule has 6 heteroatoms. The zero-order valence-electron chi connectivity index (χ0n) is 11.5. The Morgan fingerprint density at radius 1 is 1.30 bits per heavy atom. The van der Waals surface area contributed by atoms with E-state index in [2.05, 4.69) is 10.4 Å². The minimum atomic E-state index is -0.328. The number of hydrogen-bond donors (Lipinski definition) is 1. The second kappa shape index (κ2) is 6.81. The molecule has 0 aliphatic heterocycles. The van der Waals surface area contributed by atoms with Crippen molar-refractivity contribution in [3.8, 4) is 0 Å². The van der Waals surface area contributed by atoms with E-state index in [-0.39, 0.29) is 10.6 Å². The molecule has 0 aliphatic carbocycles. The van der Waals surface area contributed by atoms with Crippen molar-refractivity contribution in [3.63, 3.8) is 0 Å². The number of aryl methyl sites for hydroxylation is 1. The lowest BCUT2D eigenvalue weighted by molar-refractivity contribution is -0.385. The molecule has 0 radical (unpaired) electrons. The van der Waals surface area contributed by atoms with Crippen LogP contribution in [0.4, 0.5) is 5.69 Å². The molecule has 0 atom stereocenters. The highest BCUT2D eigenvalue weighted by Gasteiger charge is 2.11. The molecule has 0 saturated carbocycles. The molecule has 106 valence electrons. The number of nitro groups is 1. The van der Waals surface area contributed by atoms with Crippen molar-refractivity contribution in [1.82, 2.24) is 15.1 Å². The third-order valence-corrected chi connectivity index (χ3v) is 3.11. The summed E-state index contributed by atoms with van der Waals surface area (Å²) >= 11 is 0. The molecule has 0 amide bonds. The van der Waals surface area contributed by atoms with Gasteiger partial charge in [-0.15, -0.1) is 0 Å². The molecule has 1 N–H and O–H groups in total. The van der Waals surface area contributed by atoms with Crippen molar-refractivity contribution in [2.24, 2.45) is 7.05 Å². The first kappa shape index (κ1) is 14.2. The predicted molar refractivity (Wildman–Crippen MR) is 76.6 cm³/mol. The third-order valence-electron chi connectivity index (χ3n) is 3.11. The largest absolute Gasteiger partial charge is 0.316 e. The molecule has 2 rings (SSSR count). The molecule has 20 heavy (non-hydrogen) atoms. The van der Waals surface area contributed by atoms with Crippen molar-refractivity contribution in [2.75, 3.05) is 13.1 Å². The number of benzene rings is 1. The molecule has 0 unspecified atom stereocenters. The summed E-state index contributed by atoms with van der Waals surface area (Å²) in [5.41, 5.74) is 2.15. The van der Waals surface area contributed by atoms with Crippen LogP contribution in [0.25, 0.3) is 0 Å². The normalized spacial score (nSPS) is 10.7. The van der Waals surface area contributed by atoms with E-state index in [0.29, 0.717) is 6.42 Å². The molecule has 0 fully saturated rings. The second-order valence-corrected chi connectivity index (χ2v) is 4.66. The summed E-state index contributed by atoms with van der Waals surface area (Å²) in [6, 6.07) is 6.88. The lowest BCUT2D eigenvalue weighted by Crippen LogP contribution is -2.20. The summed E-state index contributed by atoms with van der Waals surface area (Å²) in [6.07, 6.45) is 5.41. The average Bonchev–Trinajstić information content (AvgIpc) is 2.84. The van der Waals surface area contributed by atoms with Crippen LogP contribution in [-0.2, 0) is 19.9 Å². The Morgan fingerprint density at radius 3 is 2.75 bits per heavy atom. The standard InChI is InChI=1S/C14H18N4O2/c1-17-11-12(10-16-17)6-8-15-9-7-13-4-2-3-5-14(13)18(19)20/h2-5,10-11,15H,6-9H2,1H3.